The zero-order valence-electron chi connectivity index (χ0n) is 13.0. The molecule has 0 saturated carbocycles. The fraction of sp³-hybridized carbons (Fsp3) is 0.333. The number of rotatable bonds is 4. The molecule has 3 rings (SSSR count). The van der Waals surface area contributed by atoms with E-state index < -0.39 is 11.9 Å². The average molecular weight is 336 g/mol. The van der Waals surface area contributed by atoms with Gasteiger partial charge in [-0.1, -0.05) is 6.07 Å². The second kappa shape index (κ2) is 6.06. The molecule has 0 bridgehead atoms. The standard InChI is InChI=1S/C15H15F3N6/c1-9(2)24-8-23-12-13(21-7-22-14(12)24)20-6-10-3-4-11(19-5-10)15(16,17)18/h3-5,7-9H,6H2,1-2H3,(H,20,21,22). The molecule has 0 aliphatic heterocycles. The molecule has 3 aromatic rings. The van der Waals surface area contributed by atoms with Gasteiger partial charge in [-0.15, -0.1) is 0 Å². The second-order valence-corrected chi connectivity index (χ2v) is 5.54. The number of pyridine rings is 1. The van der Waals surface area contributed by atoms with Crippen LogP contribution in [-0.4, -0.2) is 24.5 Å². The van der Waals surface area contributed by atoms with Crippen molar-refractivity contribution >= 4 is 17.0 Å². The lowest BCUT2D eigenvalue weighted by Gasteiger charge is -2.09. The van der Waals surface area contributed by atoms with Crippen LogP contribution in [0.3, 0.4) is 0 Å². The van der Waals surface area contributed by atoms with E-state index in [0.29, 0.717) is 22.5 Å². The quantitative estimate of drug-likeness (QED) is 0.790. The van der Waals surface area contributed by atoms with Gasteiger partial charge >= 0.3 is 6.18 Å². The molecule has 0 fully saturated rings. The Morgan fingerprint density at radius 2 is 1.92 bits per heavy atom. The van der Waals surface area contributed by atoms with Crippen molar-refractivity contribution < 1.29 is 13.2 Å². The lowest BCUT2D eigenvalue weighted by atomic mass is 10.2. The van der Waals surface area contributed by atoms with Crippen LogP contribution in [0.15, 0.2) is 31.0 Å². The first-order valence-electron chi connectivity index (χ1n) is 7.30. The van der Waals surface area contributed by atoms with Crippen molar-refractivity contribution in [1.29, 1.82) is 0 Å². The summed E-state index contributed by atoms with van der Waals surface area (Å²) in [6.07, 6.45) is -0.125. The summed E-state index contributed by atoms with van der Waals surface area (Å²) in [5.74, 6) is 0.527. The van der Waals surface area contributed by atoms with Crippen LogP contribution in [0.5, 0.6) is 0 Å². The van der Waals surface area contributed by atoms with Crippen molar-refractivity contribution in [1.82, 2.24) is 24.5 Å². The summed E-state index contributed by atoms with van der Waals surface area (Å²) in [6.45, 7) is 4.32. The van der Waals surface area contributed by atoms with Gasteiger partial charge in [0.2, 0.25) is 0 Å². The molecule has 0 radical (unpaired) electrons. The zero-order valence-corrected chi connectivity index (χ0v) is 13.0. The second-order valence-electron chi connectivity index (χ2n) is 5.54. The molecular formula is C15H15F3N6. The van der Waals surface area contributed by atoms with Crippen LogP contribution in [-0.2, 0) is 12.7 Å². The number of anilines is 1. The van der Waals surface area contributed by atoms with Crippen molar-refractivity contribution in [2.45, 2.75) is 32.6 Å². The topological polar surface area (TPSA) is 68.5 Å². The Balaban J connectivity index is 1.79. The van der Waals surface area contributed by atoms with E-state index in [4.69, 9.17) is 0 Å². The minimum absolute atomic E-state index is 0.205. The highest BCUT2D eigenvalue weighted by atomic mass is 19.4. The van der Waals surface area contributed by atoms with Crippen LogP contribution in [0.25, 0.3) is 11.2 Å². The maximum Gasteiger partial charge on any atom is 0.433 e. The smallest absolute Gasteiger partial charge is 0.364 e. The van der Waals surface area contributed by atoms with Gasteiger partial charge in [-0.25, -0.2) is 15.0 Å². The van der Waals surface area contributed by atoms with Crippen LogP contribution >= 0.6 is 0 Å². The van der Waals surface area contributed by atoms with Crippen LogP contribution < -0.4 is 5.32 Å². The summed E-state index contributed by atoms with van der Waals surface area (Å²) < 4.78 is 39.4. The normalized spacial score (nSPS) is 12.1. The summed E-state index contributed by atoms with van der Waals surface area (Å²) in [7, 11) is 0. The van der Waals surface area contributed by atoms with E-state index in [1.54, 1.807) is 6.33 Å². The summed E-state index contributed by atoms with van der Waals surface area (Å²) in [6, 6.07) is 2.55. The Kier molecular flexibility index (Phi) is 4.08. The third kappa shape index (κ3) is 3.15. The Bertz CT molecular complexity index is 839. The van der Waals surface area contributed by atoms with E-state index in [2.05, 4.69) is 25.3 Å². The first-order chi connectivity index (χ1) is 11.4. The van der Waals surface area contributed by atoms with E-state index in [1.165, 1.54) is 18.6 Å². The Morgan fingerprint density at radius 3 is 2.54 bits per heavy atom. The molecule has 0 atom stereocenters. The fourth-order valence-electron chi connectivity index (χ4n) is 2.24. The minimum Gasteiger partial charge on any atom is -0.364 e. The molecule has 0 saturated heterocycles. The molecule has 1 N–H and O–H groups in total. The molecule has 9 heteroatoms. The molecule has 126 valence electrons. The molecule has 0 aromatic carbocycles. The van der Waals surface area contributed by atoms with Gasteiger partial charge in [-0.3, -0.25) is 4.98 Å². The van der Waals surface area contributed by atoms with Gasteiger partial charge in [0, 0.05) is 18.8 Å². The molecule has 24 heavy (non-hydrogen) atoms. The predicted molar refractivity (Wildman–Crippen MR) is 82.3 cm³/mol. The summed E-state index contributed by atoms with van der Waals surface area (Å²) >= 11 is 0. The molecule has 3 heterocycles. The van der Waals surface area contributed by atoms with Gasteiger partial charge in [-0.2, -0.15) is 13.2 Å². The van der Waals surface area contributed by atoms with Crippen molar-refractivity contribution in [3.05, 3.63) is 42.2 Å². The number of aromatic nitrogens is 5. The van der Waals surface area contributed by atoms with E-state index in [9.17, 15) is 13.2 Å². The molecule has 3 aromatic heterocycles. The third-order valence-corrected chi connectivity index (χ3v) is 3.49. The fourth-order valence-corrected chi connectivity index (χ4v) is 2.24. The minimum atomic E-state index is -4.44. The number of imidazole rings is 1. The highest BCUT2D eigenvalue weighted by molar-refractivity contribution is 5.82. The van der Waals surface area contributed by atoms with Gasteiger partial charge in [0.1, 0.15) is 17.5 Å². The van der Waals surface area contributed by atoms with Crippen molar-refractivity contribution in [3.63, 3.8) is 0 Å². The number of halogens is 3. The maximum absolute atomic E-state index is 12.5. The molecule has 0 unspecified atom stereocenters. The van der Waals surface area contributed by atoms with Gasteiger partial charge in [-0.05, 0) is 25.5 Å². The Hall–Kier alpha value is -2.71. The zero-order chi connectivity index (χ0) is 17.3. The van der Waals surface area contributed by atoms with Gasteiger partial charge in [0.25, 0.3) is 0 Å². The largest absolute Gasteiger partial charge is 0.433 e. The highest BCUT2D eigenvalue weighted by Crippen LogP contribution is 2.27. The molecule has 6 nitrogen and oxygen atoms in total. The molecule has 0 aliphatic carbocycles. The number of hydrogen-bond acceptors (Lipinski definition) is 5. The number of alkyl halides is 3. The number of nitrogens with one attached hydrogen (secondary N) is 1. The van der Waals surface area contributed by atoms with Gasteiger partial charge in [0.15, 0.2) is 11.5 Å². The van der Waals surface area contributed by atoms with E-state index >= 15 is 0 Å². The van der Waals surface area contributed by atoms with E-state index in [0.717, 1.165) is 6.07 Å². The van der Waals surface area contributed by atoms with Crippen molar-refractivity contribution in [2.75, 3.05) is 5.32 Å². The highest BCUT2D eigenvalue weighted by Gasteiger charge is 2.31. The number of fused-ring (bicyclic) bond motifs is 1. The number of hydrogen-bond donors (Lipinski definition) is 1. The monoisotopic (exact) mass is 336 g/mol. The summed E-state index contributed by atoms with van der Waals surface area (Å²) in [4.78, 5) is 16.1. The molecule has 0 amide bonds. The third-order valence-electron chi connectivity index (χ3n) is 3.49. The predicted octanol–water partition coefficient (Wildman–Crippen LogP) is 3.43. The molecular weight excluding hydrogens is 321 g/mol. The first-order valence-corrected chi connectivity index (χ1v) is 7.30. The first kappa shape index (κ1) is 16.2. The Morgan fingerprint density at radius 1 is 1.12 bits per heavy atom. The molecule has 0 aliphatic rings. The number of nitrogens with zero attached hydrogens (tertiary/aromatic N) is 5. The van der Waals surface area contributed by atoms with Crippen LogP contribution in [0, 0.1) is 0 Å². The van der Waals surface area contributed by atoms with E-state index in [-0.39, 0.29) is 12.6 Å². The van der Waals surface area contributed by atoms with Crippen LogP contribution in [0.2, 0.25) is 0 Å². The lowest BCUT2D eigenvalue weighted by molar-refractivity contribution is -0.141. The van der Waals surface area contributed by atoms with Gasteiger partial charge < -0.3 is 9.88 Å². The summed E-state index contributed by atoms with van der Waals surface area (Å²) in [5, 5.41) is 3.07. The maximum atomic E-state index is 12.5. The van der Waals surface area contributed by atoms with Crippen LogP contribution in [0.1, 0.15) is 31.1 Å². The summed E-state index contributed by atoms with van der Waals surface area (Å²) in [5.41, 5.74) is 1.02. The van der Waals surface area contributed by atoms with Gasteiger partial charge in [0.05, 0.1) is 6.33 Å². The molecule has 0 spiro atoms. The Labute approximate surface area is 135 Å². The van der Waals surface area contributed by atoms with Crippen molar-refractivity contribution in [3.8, 4) is 0 Å². The average Bonchev–Trinajstić information content (AvgIpc) is 2.97. The lowest BCUT2D eigenvalue weighted by Crippen LogP contribution is -2.09. The van der Waals surface area contributed by atoms with Crippen molar-refractivity contribution in [2.24, 2.45) is 0 Å². The van der Waals surface area contributed by atoms with E-state index in [1.807, 2.05) is 18.4 Å². The SMILES string of the molecule is CC(C)n1cnc2c(NCc3ccc(C(F)(F)F)nc3)ncnc21. The van der Waals surface area contributed by atoms with Crippen LogP contribution in [0.4, 0.5) is 19.0 Å².